The Labute approximate surface area is 209 Å². The minimum atomic E-state index is -0.422. The van der Waals surface area contributed by atoms with Gasteiger partial charge in [-0.1, -0.05) is 84.1 Å². The highest BCUT2D eigenvalue weighted by molar-refractivity contribution is 6.32. The van der Waals surface area contributed by atoms with Gasteiger partial charge in [-0.25, -0.2) is 5.43 Å². The highest BCUT2D eigenvalue weighted by Gasteiger charge is 2.08. The Morgan fingerprint density at radius 3 is 2.54 bits per heavy atom. The summed E-state index contributed by atoms with van der Waals surface area (Å²) in [5.74, 6) is 6.07. The molecule has 0 fully saturated rings. The molecule has 0 spiro atoms. The van der Waals surface area contributed by atoms with E-state index in [0.717, 1.165) is 28.4 Å². The highest BCUT2D eigenvalue weighted by Crippen LogP contribution is 2.24. The largest absolute Gasteiger partial charge is 0.506 e. The number of halogens is 1. The fourth-order valence-electron chi connectivity index (χ4n) is 3.64. The molecule has 0 bridgehead atoms. The third-order valence-electron chi connectivity index (χ3n) is 5.40. The molecule has 1 amide bonds. The molecule has 0 heterocycles. The first-order chi connectivity index (χ1) is 17.0. The van der Waals surface area contributed by atoms with Crippen LogP contribution in [0.15, 0.2) is 90.0 Å². The first-order valence-electron chi connectivity index (χ1n) is 11.1. The zero-order valence-corrected chi connectivity index (χ0v) is 20.0. The lowest BCUT2D eigenvalue weighted by Crippen LogP contribution is -2.17. The van der Waals surface area contributed by atoms with E-state index in [-0.39, 0.29) is 10.8 Å². The number of rotatable bonds is 6. The topological polar surface area (TPSA) is 64.9 Å². The van der Waals surface area contributed by atoms with Crippen molar-refractivity contribution in [1.82, 2.24) is 10.3 Å². The van der Waals surface area contributed by atoms with Crippen molar-refractivity contribution in [3.05, 3.63) is 112 Å². The van der Waals surface area contributed by atoms with E-state index in [2.05, 4.69) is 46.4 Å². The molecule has 0 aliphatic heterocycles. The second-order valence-corrected chi connectivity index (χ2v) is 8.48. The molecule has 0 aliphatic carbocycles. The molecule has 4 aromatic carbocycles. The minimum absolute atomic E-state index is 0.0794. The van der Waals surface area contributed by atoms with Gasteiger partial charge in [0.2, 0.25) is 0 Å². The van der Waals surface area contributed by atoms with Crippen LogP contribution in [0.1, 0.15) is 27.0 Å². The van der Waals surface area contributed by atoms with Gasteiger partial charge in [-0.05, 0) is 47.6 Å². The summed E-state index contributed by atoms with van der Waals surface area (Å²) in [6.45, 7) is 1.49. The van der Waals surface area contributed by atoms with E-state index in [9.17, 15) is 9.90 Å². The number of carbonyl (C=O) groups excluding carboxylic acids is 1. The van der Waals surface area contributed by atoms with Crippen LogP contribution in [0, 0.1) is 11.8 Å². The van der Waals surface area contributed by atoms with Crippen molar-refractivity contribution < 1.29 is 9.90 Å². The van der Waals surface area contributed by atoms with Crippen LogP contribution < -0.4 is 5.43 Å². The van der Waals surface area contributed by atoms with Gasteiger partial charge in [0.15, 0.2) is 0 Å². The molecular formula is C29H24ClN3O2. The maximum absolute atomic E-state index is 12.3. The zero-order valence-electron chi connectivity index (χ0n) is 19.2. The number of nitrogens with zero attached hydrogens (tertiary/aromatic N) is 2. The summed E-state index contributed by atoms with van der Waals surface area (Å²) < 4.78 is 0. The molecule has 0 aromatic heterocycles. The van der Waals surface area contributed by atoms with Crippen LogP contribution in [-0.4, -0.2) is 35.7 Å². The summed E-state index contributed by atoms with van der Waals surface area (Å²) in [4.78, 5) is 14.5. The number of amides is 1. The second-order valence-electron chi connectivity index (χ2n) is 8.07. The van der Waals surface area contributed by atoms with Crippen molar-refractivity contribution in [2.75, 3.05) is 13.6 Å². The molecule has 6 heteroatoms. The number of hydrogen-bond acceptors (Lipinski definition) is 4. The Kier molecular flexibility index (Phi) is 7.79. The van der Waals surface area contributed by atoms with E-state index in [4.69, 9.17) is 11.6 Å². The number of phenols is 1. The summed E-state index contributed by atoms with van der Waals surface area (Å²) in [6, 6.07) is 26.4. The molecule has 0 radical (unpaired) electrons. The van der Waals surface area contributed by atoms with Gasteiger partial charge in [-0.2, -0.15) is 5.10 Å². The van der Waals surface area contributed by atoms with Gasteiger partial charge >= 0.3 is 0 Å². The number of aromatic hydroxyl groups is 1. The standard InChI is InChI=1S/C29H24ClN3O2/c1-33(20-21-8-3-2-4-9-21)17-7-10-22-13-14-24(26-12-6-5-11-25(22)26)19-31-32-29(35)23-15-16-28(34)27(30)18-23/h2-6,8-9,11-16,18-19,34H,17,20H2,1H3,(H,32,35)/b31-19+. The highest BCUT2D eigenvalue weighted by atomic mass is 35.5. The summed E-state index contributed by atoms with van der Waals surface area (Å²) in [6.07, 6.45) is 1.60. The summed E-state index contributed by atoms with van der Waals surface area (Å²) in [5.41, 5.74) is 5.85. The van der Waals surface area contributed by atoms with Gasteiger partial charge in [0.05, 0.1) is 17.8 Å². The number of benzene rings is 4. The Balaban J connectivity index is 1.46. The Bertz CT molecular complexity index is 1440. The van der Waals surface area contributed by atoms with E-state index < -0.39 is 5.91 Å². The molecule has 2 N–H and O–H groups in total. The molecule has 35 heavy (non-hydrogen) atoms. The molecular weight excluding hydrogens is 458 g/mol. The predicted molar refractivity (Wildman–Crippen MR) is 142 cm³/mol. The maximum atomic E-state index is 12.3. The molecule has 174 valence electrons. The van der Waals surface area contributed by atoms with Crippen molar-refractivity contribution in [3.8, 4) is 17.6 Å². The van der Waals surface area contributed by atoms with Crippen LogP contribution in [0.4, 0.5) is 0 Å². The van der Waals surface area contributed by atoms with Crippen LogP contribution in [-0.2, 0) is 6.54 Å². The van der Waals surface area contributed by atoms with Crippen molar-refractivity contribution in [1.29, 1.82) is 0 Å². The molecule has 4 aromatic rings. The number of carbonyl (C=O) groups is 1. The number of hydrogen-bond donors (Lipinski definition) is 2. The smallest absolute Gasteiger partial charge is 0.271 e. The fourth-order valence-corrected chi connectivity index (χ4v) is 3.82. The van der Waals surface area contributed by atoms with E-state index >= 15 is 0 Å². The van der Waals surface area contributed by atoms with Gasteiger partial charge in [0.25, 0.3) is 5.91 Å². The second kappa shape index (κ2) is 11.3. The van der Waals surface area contributed by atoms with Crippen molar-refractivity contribution in [2.45, 2.75) is 6.54 Å². The maximum Gasteiger partial charge on any atom is 0.271 e. The first kappa shape index (κ1) is 24.0. The predicted octanol–water partition coefficient (Wildman–Crippen LogP) is 5.45. The summed E-state index contributed by atoms with van der Waals surface area (Å²) in [7, 11) is 2.06. The summed E-state index contributed by atoms with van der Waals surface area (Å²) >= 11 is 5.88. The monoisotopic (exact) mass is 481 g/mol. The lowest BCUT2D eigenvalue weighted by molar-refractivity contribution is 0.0955. The van der Waals surface area contributed by atoms with Crippen molar-refractivity contribution in [3.63, 3.8) is 0 Å². The van der Waals surface area contributed by atoms with Crippen LogP contribution in [0.2, 0.25) is 5.02 Å². The Morgan fingerprint density at radius 1 is 1.03 bits per heavy atom. The van der Waals surface area contributed by atoms with E-state index in [0.29, 0.717) is 12.1 Å². The van der Waals surface area contributed by atoms with Crippen LogP contribution in [0.3, 0.4) is 0 Å². The van der Waals surface area contributed by atoms with Crippen molar-refractivity contribution in [2.24, 2.45) is 5.10 Å². The third-order valence-corrected chi connectivity index (χ3v) is 5.71. The first-order valence-corrected chi connectivity index (χ1v) is 11.4. The average molecular weight is 482 g/mol. The molecule has 0 saturated carbocycles. The molecule has 0 aliphatic rings. The SMILES string of the molecule is CN(CC#Cc1ccc(/C=N/NC(=O)c2ccc(O)c(Cl)c2)c2ccccc12)Cc1ccccc1. The molecule has 4 rings (SSSR count). The molecule has 0 atom stereocenters. The number of hydrazone groups is 1. The molecule has 0 unspecified atom stereocenters. The lowest BCUT2D eigenvalue weighted by Gasteiger charge is -2.12. The van der Waals surface area contributed by atoms with Gasteiger partial charge in [0.1, 0.15) is 5.75 Å². The summed E-state index contributed by atoms with van der Waals surface area (Å²) in [5, 5.41) is 15.7. The zero-order chi connectivity index (χ0) is 24.6. The van der Waals surface area contributed by atoms with Crippen LogP contribution in [0.5, 0.6) is 5.75 Å². The Hall–Kier alpha value is -4.11. The molecule has 5 nitrogen and oxygen atoms in total. The van der Waals surface area contributed by atoms with Crippen LogP contribution >= 0.6 is 11.6 Å². The van der Waals surface area contributed by atoms with E-state index in [1.54, 1.807) is 6.21 Å². The number of phenolic OH excluding ortho intramolecular Hbond substituents is 1. The minimum Gasteiger partial charge on any atom is -0.506 e. The number of nitrogens with one attached hydrogen (secondary N) is 1. The normalized spacial score (nSPS) is 10.9. The third kappa shape index (κ3) is 6.27. The number of fused-ring (bicyclic) bond motifs is 1. The fraction of sp³-hybridized carbons (Fsp3) is 0.103. The lowest BCUT2D eigenvalue weighted by atomic mass is 10.0. The van der Waals surface area contributed by atoms with Gasteiger partial charge in [0, 0.05) is 23.2 Å². The van der Waals surface area contributed by atoms with Crippen LogP contribution in [0.25, 0.3) is 10.8 Å². The quantitative estimate of drug-likeness (QED) is 0.219. The van der Waals surface area contributed by atoms with Crippen molar-refractivity contribution >= 4 is 34.5 Å². The van der Waals surface area contributed by atoms with Gasteiger partial charge in [-0.15, -0.1) is 0 Å². The van der Waals surface area contributed by atoms with Gasteiger partial charge < -0.3 is 5.11 Å². The Morgan fingerprint density at radius 2 is 1.77 bits per heavy atom. The van der Waals surface area contributed by atoms with E-state index in [1.807, 2.05) is 54.6 Å². The van der Waals surface area contributed by atoms with Gasteiger partial charge in [-0.3, -0.25) is 9.69 Å². The average Bonchev–Trinajstić information content (AvgIpc) is 2.87. The van der Waals surface area contributed by atoms with E-state index in [1.165, 1.54) is 23.8 Å². The molecule has 0 saturated heterocycles.